The Morgan fingerprint density at radius 3 is 2.40 bits per heavy atom. The summed E-state index contributed by atoms with van der Waals surface area (Å²) >= 11 is 0. The number of quaternary nitrogens is 1. The summed E-state index contributed by atoms with van der Waals surface area (Å²) in [5.74, 6) is 2.26. The van der Waals surface area contributed by atoms with E-state index in [-0.39, 0.29) is 0 Å². The lowest BCUT2D eigenvalue weighted by molar-refractivity contribution is -0.671. The second-order valence-electron chi connectivity index (χ2n) is 6.40. The Labute approximate surface area is 149 Å². The van der Waals surface area contributed by atoms with Crippen LogP contribution in [0.5, 0.6) is 5.75 Å². The van der Waals surface area contributed by atoms with Crippen LogP contribution in [0.3, 0.4) is 0 Å². The van der Waals surface area contributed by atoms with Crippen molar-refractivity contribution in [1.82, 2.24) is 0 Å². The van der Waals surface area contributed by atoms with Crippen LogP contribution in [0.1, 0.15) is 34.8 Å². The minimum absolute atomic E-state index is 0.308. The molecule has 130 valence electrons. The van der Waals surface area contributed by atoms with Gasteiger partial charge < -0.3 is 14.5 Å². The molecule has 25 heavy (non-hydrogen) atoms. The van der Waals surface area contributed by atoms with Gasteiger partial charge in [-0.3, -0.25) is 0 Å². The van der Waals surface area contributed by atoms with Crippen LogP contribution in [0.4, 0.5) is 0 Å². The van der Waals surface area contributed by atoms with Gasteiger partial charge in [-0.15, -0.1) is 0 Å². The number of ether oxygens (including phenoxy) is 1. The SMILES string of the molecule is COc1ccc(C[NH2+]CC[C@@H](c2ccc(C)cc2)c2ccco2)cc1. The van der Waals surface area contributed by atoms with E-state index in [0.29, 0.717) is 5.92 Å². The molecule has 3 nitrogen and oxygen atoms in total. The van der Waals surface area contributed by atoms with Gasteiger partial charge in [-0.2, -0.15) is 0 Å². The highest BCUT2D eigenvalue weighted by Gasteiger charge is 2.17. The number of furan rings is 1. The molecule has 0 unspecified atom stereocenters. The van der Waals surface area contributed by atoms with Crippen molar-refractivity contribution in [2.24, 2.45) is 0 Å². The highest BCUT2D eigenvalue weighted by molar-refractivity contribution is 5.30. The first-order chi connectivity index (χ1) is 12.3. The fraction of sp³-hybridized carbons (Fsp3) is 0.273. The maximum absolute atomic E-state index is 5.69. The van der Waals surface area contributed by atoms with Crippen molar-refractivity contribution in [3.05, 3.63) is 89.4 Å². The molecule has 0 saturated carbocycles. The summed E-state index contributed by atoms with van der Waals surface area (Å²) in [6.07, 6.45) is 2.81. The lowest BCUT2D eigenvalue weighted by atomic mass is 9.92. The molecule has 0 spiro atoms. The Hall–Kier alpha value is -2.52. The molecule has 3 heteroatoms. The Morgan fingerprint density at radius 1 is 1.00 bits per heavy atom. The highest BCUT2D eigenvalue weighted by Crippen LogP contribution is 2.28. The molecule has 1 atom stereocenters. The molecule has 0 aliphatic heterocycles. The van der Waals surface area contributed by atoms with Gasteiger partial charge in [0.2, 0.25) is 0 Å². The zero-order chi connectivity index (χ0) is 17.5. The summed E-state index contributed by atoms with van der Waals surface area (Å²) in [6.45, 7) is 4.14. The fourth-order valence-electron chi connectivity index (χ4n) is 3.08. The van der Waals surface area contributed by atoms with Crippen LogP contribution in [0.2, 0.25) is 0 Å². The molecule has 0 aliphatic rings. The Balaban J connectivity index is 1.58. The topological polar surface area (TPSA) is 39.0 Å². The van der Waals surface area contributed by atoms with Gasteiger partial charge in [0.15, 0.2) is 0 Å². The molecule has 0 saturated heterocycles. The molecule has 3 rings (SSSR count). The van der Waals surface area contributed by atoms with E-state index in [1.807, 2.05) is 18.2 Å². The molecule has 1 heterocycles. The molecule has 0 bridgehead atoms. The lowest BCUT2D eigenvalue weighted by Gasteiger charge is -2.15. The minimum Gasteiger partial charge on any atom is -0.497 e. The minimum atomic E-state index is 0.308. The van der Waals surface area contributed by atoms with Crippen molar-refractivity contribution in [2.75, 3.05) is 13.7 Å². The molecule has 1 aromatic heterocycles. The van der Waals surface area contributed by atoms with E-state index in [9.17, 15) is 0 Å². The Kier molecular flexibility index (Phi) is 5.91. The lowest BCUT2D eigenvalue weighted by Crippen LogP contribution is -2.82. The summed E-state index contributed by atoms with van der Waals surface area (Å²) in [7, 11) is 1.70. The summed E-state index contributed by atoms with van der Waals surface area (Å²) < 4.78 is 10.9. The van der Waals surface area contributed by atoms with Gasteiger partial charge >= 0.3 is 0 Å². The van der Waals surface area contributed by atoms with Crippen LogP contribution in [-0.4, -0.2) is 13.7 Å². The fourth-order valence-corrected chi connectivity index (χ4v) is 3.08. The molecular weight excluding hydrogens is 310 g/mol. The first-order valence-corrected chi connectivity index (χ1v) is 8.81. The van der Waals surface area contributed by atoms with Crippen LogP contribution < -0.4 is 10.1 Å². The zero-order valence-electron chi connectivity index (χ0n) is 14.9. The molecule has 0 amide bonds. The van der Waals surface area contributed by atoms with Gasteiger partial charge in [0.1, 0.15) is 18.1 Å². The summed E-state index contributed by atoms with van der Waals surface area (Å²) in [5, 5.41) is 2.35. The van der Waals surface area contributed by atoms with E-state index in [1.54, 1.807) is 13.4 Å². The quantitative estimate of drug-likeness (QED) is 0.634. The van der Waals surface area contributed by atoms with E-state index in [0.717, 1.165) is 31.0 Å². The van der Waals surface area contributed by atoms with Gasteiger partial charge in [-0.25, -0.2) is 0 Å². The standard InChI is InChI=1S/C22H25NO2/c1-17-5-9-19(10-6-17)21(22-4-3-15-25-22)13-14-23-16-18-7-11-20(24-2)12-8-18/h3-12,15,21,23H,13-14,16H2,1-2H3/p+1/t21-/m0/s1. The second-order valence-corrected chi connectivity index (χ2v) is 6.40. The predicted molar refractivity (Wildman–Crippen MR) is 99.8 cm³/mol. The molecule has 3 aromatic rings. The van der Waals surface area contributed by atoms with Crippen LogP contribution in [-0.2, 0) is 6.54 Å². The first-order valence-electron chi connectivity index (χ1n) is 8.81. The van der Waals surface area contributed by atoms with Crippen molar-refractivity contribution in [3.8, 4) is 5.75 Å². The number of aryl methyl sites for hydroxylation is 1. The van der Waals surface area contributed by atoms with E-state index in [2.05, 4.69) is 54.7 Å². The van der Waals surface area contributed by atoms with E-state index in [4.69, 9.17) is 9.15 Å². The molecule has 0 fully saturated rings. The van der Waals surface area contributed by atoms with Gasteiger partial charge in [0.25, 0.3) is 0 Å². The summed E-state index contributed by atoms with van der Waals surface area (Å²) in [5.41, 5.74) is 3.91. The van der Waals surface area contributed by atoms with Crippen LogP contribution in [0.25, 0.3) is 0 Å². The van der Waals surface area contributed by atoms with Crippen molar-refractivity contribution in [3.63, 3.8) is 0 Å². The normalized spacial score (nSPS) is 12.1. The molecule has 2 N–H and O–H groups in total. The molecule has 0 aliphatic carbocycles. The summed E-state index contributed by atoms with van der Waals surface area (Å²) in [4.78, 5) is 0. The first kappa shape index (κ1) is 17.3. The van der Waals surface area contributed by atoms with Crippen LogP contribution >= 0.6 is 0 Å². The molecular formula is C22H26NO2+. The second kappa shape index (κ2) is 8.54. The molecule has 2 aromatic carbocycles. The monoisotopic (exact) mass is 336 g/mol. The number of benzene rings is 2. The van der Waals surface area contributed by atoms with E-state index < -0.39 is 0 Å². The van der Waals surface area contributed by atoms with Gasteiger partial charge in [-0.05, 0) is 48.9 Å². The number of nitrogens with two attached hydrogens (primary N) is 1. The Bertz CT molecular complexity index is 746. The van der Waals surface area contributed by atoms with Gasteiger partial charge in [0.05, 0.1) is 19.9 Å². The van der Waals surface area contributed by atoms with Crippen molar-refractivity contribution in [1.29, 1.82) is 0 Å². The van der Waals surface area contributed by atoms with Gasteiger partial charge in [-0.1, -0.05) is 29.8 Å². The van der Waals surface area contributed by atoms with Crippen molar-refractivity contribution in [2.45, 2.75) is 25.8 Å². The van der Waals surface area contributed by atoms with Crippen molar-refractivity contribution >= 4 is 0 Å². The molecule has 0 radical (unpaired) electrons. The van der Waals surface area contributed by atoms with Crippen LogP contribution in [0, 0.1) is 6.92 Å². The third-order valence-corrected chi connectivity index (χ3v) is 4.56. The number of rotatable bonds is 8. The zero-order valence-corrected chi connectivity index (χ0v) is 14.9. The Morgan fingerprint density at radius 2 is 1.76 bits per heavy atom. The third kappa shape index (κ3) is 4.74. The number of methoxy groups -OCH3 is 1. The van der Waals surface area contributed by atoms with Crippen LogP contribution in [0.15, 0.2) is 71.3 Å². The maximum atomic E-state index is 5.69. The maximum Gasteiger partial charge on any atom is 0.118 e. The largest absolute Gasteiger partial charge is 0.497 e. The average molecular weight is 336 g/mol. The van der Waals surface area contributed by atoms with Gasteiger partial charge in [0, 0.05) is 17.9 Å². The average Bonchev–Trinajstić information content (AvgIpc) is 3.18. The van der Waals surface area contributed by atoms with E-state index >= 15 is 0 Å². The van der Waals surface area contributed by atoms with Crippen molar-refractivity contribution < 1.29 is 14.5 Å². The predicted octanol–water partition coefficient (Wildman–Crippen LogP) is 3.88. The smallest absolute Gasteiger partial charge is 0.118 e. The number of hydrogen-bond acceptors (Lipinski definition) is 2. The summed E-state index contributed by atoms with van der Waals surface area (Å²) in [6, 6.07) is 21.1. The van der Waals surface area contributed by atoms with E-state index in [1.165, 1.54) is 16.7 Å². The third-order valence-electron chi connectivity index (χ3n) is 4.56. The number of hydrogen-bond donors (Lipinski definition) is 1. The highest BCUT2D eigenvalue weighted by atomic mass is 16.5.